The van der Waals surface area contributed by atoms with Gasteiger partial charge in [-0.2, -0.15) is 5.10 Å². The molecule has 0 saturated heterocycles. The Hall–Kier alpha value is -4.94. The fraction of sp³-hybridized carbons (Fsp3) is 0.182. The lowest BCUT2D eigenvalue weighted by Crippen LogP contribution is -2.47. The predicted molar refractivity (Wildman–Crippen MR) is 121 cm³/mol. The van der Waals surface area contributed by atoms with Crippen LogP contribution < -0.4 is 20.2 Å². The highest BCUT2D eigenvalue weighted by molar-refractivity contribution is 5.90. The number of benzene rings is 2. The van der Waals surface area contributed by atoms with Gasteiger partial charge in [0, 0.05) is 18.3 Å². The first-order valence-electron chi connectivity index (χ1n) is 10.3. The lowest BCUT2D eigenvalue weighted by molar-refractivity contribution is -0.385. The number of fused-ring (bicyclic) bond motifs is 1. The van der Waals surface area contributed by atoms with E-state index in [2.05, 4.69) is 25.8 Å². The number of nitro benzene ring substituents is 1. The maximum absolute atomic E-state index is 12.8. The van der Waals surface area contributed by atoms with E-state index in [1.807, 2.05) is 18.2 Å². The number of rotatable bonds is 9. The van der Waals surface area contributed by atoms with E-state index < -0.39 is 23.0 Å². The Kier molecular flexibility index (Phi) is 7.16. The molecule has 3 N–H and O–H groups in total. The zero-order valence-electron chi connectivity index (χ0n) is 18.2. The van der Waals surface area contributed by atoms with Crippen LogP contribution in [-0.2, 0) is 22.6 Å². The van der Waals surface area contributed by atoms with Crippen LogP contribution in [0.15, 0.2) is 60.1 Å². The van der Waals surface area contributed by atoms with Crippen molar-refractivity contribution in [1.29, 1.82) is 0 Å². The number of alkyl carbamates (subject to hydrolysis) is 1. The zero-order valence-corrected chi connectivity index (χ0v) is 18.2. The molecule has 4 rings (SSSR count). The number of hydrazone groups is 1. The highest BCUT2D eigenvalue weighted by atomic mass is 16.7. The molecule has 0 fully saturated rings. The minimum absolute atomic E-state index is 0.0248. The van der Waals surface area contributed by atoms with Gasteiger partial charge in [-0.1, -0.05) is 30.3 Å². The summed E-state index contributed by atoms with van der Waals surface area (Å²) in [6, 6.07) is 10.6. The monoisotopic (exact) mass is 480 g/mol. The number of nitro groups is 1. The Labute approximate surface area is 198 Å². The van der Waals surface area contributed by atoms with Crippen molar-refractivity contribution in [3.05, 3.63) is 81.9 Å². The summed E-state index contributed by atoms with van der Waals surface area (Å²) < 4.78 is 15.6. The maximum atomic E-state index is 12.8. The second kappa shape index (κ2) is 10.8. The highest BCUT2D eigenvalue weighted by Gasteiger charge is 2.24. The number of nitrogens with zero attached hydrogens (tertiary/aromatic N) is 3. The topological polar surface area (TPSA) is 170 Å². The molecule has 0 spiro atoms. The van der Waals surface area contributed by atoms with Crippen molar-refractivity contribution in [2.45, 2.75) is 19.1 Å². The molecular weight excluding hydrogens is 460 g/mol. The third-order valence-corrected chi connectivity index (χ3v) is 4.90. The number of H-pyrrole nitrogens is 1. The van der Waals surface area contributed by atoms with Gasteiger partial charge in [0.05, 0.1) is 29.1 Å². The van der Waals surface area contributed by atoms with E-state index in [-0.39, 0.29) is 36.8 Å². The number of aromatic nitrogens is 2. The SMILES string of the molecule is O=C(N[C@@H](Cc1cnc[nH]1)C(=O)N/N=C\c1cc2c(cc1[N+](=O)[O-])OCO2)OCc1ccccc1. The molecule has 3 aromatic rings. The van der Waals surface area contributed by atoms with Crippen LogP contribution in [0, 0.1) is 10.1 Å². The average molecular weight is 480 g/mol. The molecule has 1 aliphatic heterocycles. The fourth-order valence-electron chi connectivity index (χ4n) is 3.18. The van der Waals surface area contributed by atoms with Gasteiger partial charge >= 0.3 is 6.09 Å². The Morgan fingerprint density at radius 1 is 1.26 bits per heavy atom. The molecule has 13 nitrogen and oxygen atoms in total. The van der Waals surface area contributed by atoms with E-state index in [1.54, 1.807) is 12.1 Å². The minimum Gasteiger partial charge on any atom is -0.454 e. The van der Waals surface area contributed by atoms with E-state index in [0.717, 1.165) is 11.8 Å². The van der Waals surface area contributed by atoms with E-state index in [4.69, 9.17) is 14.2 Å². The van der Waals surface area contributed by atoms with E-state index >= 15 is 0 Å². The molecule has 13 heteroatoms. The van der Waals surface area contributed by atoms with Crippen LogP contribution in [0.3, 0.4) is 0 Å². The normalized spacial score (nSPS) is 12.8. The number of ether oxygens (including phenoxy) is 3. The molecule has 2 aromatic carbocycles. The van der Waals surface area contributed by atoms with Gasteiger partial charge in [0.1, 0.15) is 12.6 Å². The van der Waals surface area contributed by atoms with Crippen molar-refractivity contribution in [2.75, 3.05) is 6.79 Å². The smallest absolute Gasteiger partial charge is 0.408 e. The number of carbonyl (C=O) groups is 2. The largest absolute Gasteiger partial charge is 0.454 e. The zero-order chi connectivity index (χ0) is 24.6. The van der Waals surface area contributed by atoms with Crippen LogP contribution in [0.1, 0.15) is 16.8 Å². The quantitative estimate of drug-likeness (QED) is 0.237. The van der Waals surface area contributed by atoms with Crippen LogP contribution in [0.5, 0.6) is 11.5 Å². The molecule has 180 valence electrons. The molecule has 0 saturated carbocycles. The summed E-state index contributed by atoms with van der Waals surface area (Å²) in [6.45, 7) is -0.0256. The first-order chi connectivity index (χ1) is 17.0. The number of imidazole rings is 1. The molecule has 0 radical (unpaired) electrons. The van der Waals surface area contributed by atoms with Gasteiger partial charge in [0.25, 0.3) is 11.6 Å². The summed E-state index contributed by atoms with van der Waals surface area (Å²) in [5.41, 5.74) is 3.48. The third kappa shape index (κ3) is 6.10. The first kappa shape index (κ1) is 23.2. The van der Waals surface area contributed by atoms with Crippen LogP contribution in [0.2, 0.25) is 0 Å². The van der Waals surface area contributed by atoms with Crippen LogP contribution >= 0.6 is 0 Å². The summed E-state index contributed by atoms with van der Waals surface area (Å²) in [7, 11) is 0. The Bertz CT molecular complexity index is 1230. The van der Waals surface area contributed by atoms with Gasteiger partial charge in [-0.05, 0) is 11.6 Å². The summed E-state index contributed by atoms with van der Waals surface area (Å²) in [5, 5.41) is 17.7. The van der Waals surface area contributed by atoms with Crippen LogP contribution in [0.4, 0.5) is 10.5 Å². The molecule has 1 aliphatic rings. The Balaban J connectivity index is 1.42. The molecule has 2 amide bonds. The molecule has 0 unspecified atom stereocenters. The van der Waals surface area contributed by atoms with Crippen molar-refractivity contribution >= 4 is 23.9 Å². The number of nitrogens with one attached hydrogen (secondary N) is 3. The number of hydrogen-bond acceptors (Lipinski definition) is 9. The molecule has 2 heterocycles. The summed E-state index contributed by atoms with van der Waals surface area (Å²) in [4.78, 5) is 42.6. The van der Waals surface area contributed by atoms with Crippen molar-refractivity contribution in [2.24, 2.45) is 5.10 Å². The number of hydrogen-bond donors (Lipinski definition) is 3. The van der Waals surface area contributed by atoms with E-state index in [0.29, 0.717) is 11.4 Å². The van der Waals surface area contributed by atoms with Gasteiger partial charge < -0.3 is 24.5 Å². The number of aromatic amines is 1. The second-order valence-electron chi connectivity index (χ2n) is 7.30. The predicted octanol–water partition coefficient (Wildman–Crippen LogP) is 2.03. The van der Waals surface area contributed by atoms with Gasteiger partial charge in [-0.15, -0.1) is 0 Å². The van der Waals surface area contributed by atoms with Gasteiger partial charge in [0.15, 0.2) is 11.5 Å². The maximum Gasteiger partial charge on any atom is 0.408 e. The van der Waals surface area contributed by atoms with Gasteiger partial charge in [-0.25, -0.2) is 15.2 Å². The Morgan fingerprint density at radius 2 is 2.03 bits per heavy atom. The van der Waals surface area contributed by atoms with Gasteiger partial charge in [-0.3, -0.25) is 14.9 Å². The van der Waals surface area contributed by atoms with Crippen molar-refractivity contribution in [3.63, 3.8) is 0 Å². The number of amides is 2. The first-order valence-corrected chi connectivity index (χ1v) is 10.3. The lowest BCUT2D eigenvalue weighted by atomic mass is 10.1. The standard InChI is InChI=1S/C22H20N6O7/c29-21(27-25-9-15-6-19-20(35-13-34-19)8-18(15)28(31)32)17(7-16-10-23-12-24-16)26-22(30)33-11-14-4-2-1-3-5-14/h1-6,8-10,12,17H,7,11,13H2,(H,23,24)(H,26,30)(H,27,29)/b25-9-/t17-/m0/s1. The molecule has 0 aliphatic carbocycles. The molecule has 0 bridgehead atoms. The summed E-state index contributed by atoms with van der Waals surface area (Å²) in [6.07, 6.45) is 3.33. The fourth-order valence-corrected chi connectivity index (χ4v) is 3.18. The second-order valence-corrected chi connectivity index (χ2v) is 7.30. The van der Waals surface area contributed by atoms with Gasteiger partial charge in [0.2, 0.25) is 6.79 Å². The van der Waals surface area contributed by atoms with Crippen molar-refractivity contribution in [1.82, 2.24) is 20.7 Å². The van der Waals surface area contributed by atoms with E-state index in [1.165, 1.54) is 24.7 Å². The average Bonchev–Trinajstić information content (AvgIpc) is 3.54. The summed E-state index contributed by atoms with van der Waals surface area (Å²) >= 11 is 0. The van der Waals surface area contributed by atoms with Crippen molar-refractivity contribution < 1.29 is 28.7 Å². The molecule has 35 heavy (non-hydrogen) atoms. The lowest BCUT2D eigenvalue weighted by Gasteiger charge is -2.16. The number of carbonyl (C=O) groups excluding carboxylic acids is 2. The molecule has 1 atom stereocenters. The molecule has 1 aromatic heterocycles. The minimum atomic E-state index is -1.07. The molecular formula is C22H20N6O7. The van der Waals surface area contributed by atoms with Crippen molar-refractivity contribution in [3.8, 4) is 11.5 Å². The van der Waals surface area contributed by atoms with E-state index in [9.17, 15) is 19.7 Å². The van der Waals surface area contributed by atoms with Crippen LogP contribution in [0.25, 0.3) is 0 Å². The summed E-state index contributed by atoms with van der Waals surface area (Å²) in [5.74, 6) is -0.102. The third-order valence-electron chi connectivity index (χ3n) is 4.90. The highest BCUT2D eigenvalue weighted by Crippen LogP contribution is 2.37. The van der Waals surface area contributed by atoms with Crippen LogP contribution in [-0.4, -0.2) is 45.9 Å². The Morgan fingerprint density at radius 3 is 2.74 bits per heavy atom.